The lowest BCUT2D eigenvalue weighted by Crippen LogP contribution is -1.55. The monoisotopic (exact) mass is 168 g/mol. The van der Waals surface area contributed by atoms with Crippen molar-refractivity contribution in [1.29, 1.82) is 0 Å². The zero-order valence-electron chi connectivity index (χ0n) is 9.14. The van der Waals surface area contributed by atoms with Gasteiger partial charge in [0.1, 0.15) is 0 Å². The van der Waals surface area contributed by atoms with Crippen LogP contribution in [0.25, 0.3) is 0 Å². The molecule has 0 aliphatic heterocycles. The molecule has 0 bridgehead atoms. The van der Waals surface area contributed by atoms with E-state index in [2.05, 4.69) is 52.0 Å². The molecule has 0 aliphatic rings. The van der Waals surface area contributed by atoms with Gasteiger partial charge in [0.25, 0.3) is 0 Å². The highest BCUT2D eigenvalue weighted by Crippen LogP contribution is 1.85. The summed E-state index contributed by atoms with van der Waals surface area (Å²) in [6.07, 6.45) is 13.5. The van der Waals surface area contributed by atoms with Gasteiger partial charge in [0, 0.05) is 0 Å². The van der Waals surface area contributed by atoms with Crippen molar-refractivity contribution < 1.29 is 0 Å². The number of hydrogen-bond acceptors (Lipinski definition) is 0. The predicted octanol–water partition coefficient (Wildman–Crippen LogP) is 4.73. The van der Waals surface area contributed by atoms with Gasteiger partial charge in [0.15, 0.2) is 0 Å². The Bertz CT molecular complexity index is 92.6. The summed E-state index contributed by atoms with van der Waals surface area (Å²) in [6.45, 7) is 8.52. The first-order valence-corrected chi connectivity index (χ1v) is 5.09. The van der Waals surface area contributed by atoms with Crippen LogP contribution in [0.1, 0.15) is 53.4 Å². The lowest BCUT2D eigenvalue weighted by atomic mass is 10.3. The molecule has 0 heteroatoms. The molecule has 0 heterocycles. The van der Waals surface area contributed by atoms with Gasteiger partial charge in [-0.1, -0.05) is 51.5 Å². The molecule has 0 N–H and O–H groups in total. The molecule has 0 spiro atoms. The third-order valence-corrected chi connectivity index (χ3v) is 1.33. The van der Waals surface area contributed by atoms with Crippen LogP contribution in [-0.4, -0.2) is 0 Å². The lowest BCUT2D eigenvalue weighted by Gasteiger charge is -1.76. The van der Waals surface area contributed by atoms with E-state index < -0.39 is 0 Å². The van der Waals surface area contributed by atoms with Crippen molar-refractivity contribution in [3.63, 3.8) is 0 Å². The fraction of sp³-hybridized carbons (Fsp3) is 0.667. The molecule has 0 saturated heterocycles. The molecule has 0 amide bonds. The quantitative estimate of drug-likeness (QED) is 0.532. The molecule has 0 fully saturated rings. The van der Waals surface area contributed by atoms with Crippen LogP contribution < -0.4 is 0 Å². The minimum atomic E-state index is 1.17. The highest BCUT2D eigenvalue weighted by molar-refractivity contribution is 4.77. The Morgan fingerprint density at radius 3 is 1.50 bits per heavy atom. The number of allylic oxidation sites excluding steroid dienone is 4. The van der Waals surface area contributed by atoms with Crippen LogP contribution in [0.3, 0.4) is 0 Å². The molecular weight excluding hydrogens is 144 g/mol. The third-order valence-electron chi connectivity index (χ3n) is 1.33. The van der Waals surface area contributed by atoms with Crippen LogP contribution in [-0.2, 0) is 0 Å². The van der Waals surface area contributed by atoms with E-state index in [1.165, 1.54) is 25.7 Å². The molecule has 0 rings (SSSR count). The van der Waals surface area contributed by atoms with Crippen molar-refractivity contribution in [3.8, 4) is 0 Å². The maximum atomic E-state index is 2.18. The first-order valence-electron chi connectivity index (χ1n) is 5.09. The molecule has 0 atom stereocenters. The van der Waals surface area contributed by atoms with Crippen LogP contribution in [0.15, 0.2) is 24.3 Å². The minimum absolute atomic E-state index is 1.17. The van der Waals surface area contributed by atoms with Crippen molar-refractivity contribution in [2.45, 2.75) is 53.4 Å². The molecular formula is C12H24. The second kappa shape index (κ2) is 16.8. The average Bonchev–Trinajstić information content (AvgIpc) is 2.12. The smallest absolute Gasteiger partial charge is 0.0353 e. The highest BCUT2D eigenvalue weighted by Gasteiger charge is 1.64. The second-order valence-electron chi connectivity index (χ2n) is 2.65. The van der Waals surface area contributed by atoms with Crippen LogP contribution >= 0.6 is 0 Å². The molecule has 0 saturated carbocycles. The van der Waals surface area contributed by atoms with E-state index in [1.54, 1.807) is 0 Å². The van der Waals surface area contributed by atoms with Gasteiger partial charge < -0.3 is 0 Å². The molecule has 72 valence electrons. The summed E-state index contributed by atoms with van der Waals surface area (Å²) in [5.41, 5.74) is 0. The molecule has 0 radical (unpaired) electrons. The first-order chi connectivity index (χ1) is 5.83. The maximum absolute atomic E-state index is 2.18. The highest BCUT2D eigenvalue weighted by atomic mass is 13.7. The Hall–Kier alpha value is -0.520. The fourth-order valence-electron chi connectivity index (χ4n) is 0.667. The Kier molecular flexibility index (Phi) is 19.7. The molecule has 0 aliphatic carbocycles. The topological polar surface area (TPSA) is 0 Å². The zero-order chi connectivity index (χ0) is 9.66. The van der Waals surface area contributed by atoms with E-state index in [4.69, 9.17) is 0 Å². The van der Waals surface area contributed by atoms with Gasteiger partial charge in [-0.25, -0.2) is 0 Å². The summed E-state index contributed by atoms with van der Waals surface area (Å²) in [5, 5.41) is 0. The third kappa shape index (κ3) is 22.7. The van der Waals surface area contributed by atoms with Crippen molar-refractivity contribution in [3.05, 3.63) is 24.3 Å². The number of rotatable bonds is 4. The predicted molar refractivity (Wildman–Crippen MR) is 59.4 cm³/mol. The van der Waals surface area contributed by atoms with Gasteiger partial charge in [-0.15, -0.1) is 0 Å². The van der Waals surface area contributed by atoms with E-state index in [0.29, 0.717) is 0 Å². The molecule has 0 aromatic rings. The van der Waals surface area contributed by atoms with Crippen molar-refractivity contribution in [2.24, 2.45) is 0 Å². The lowest BCUT2D eigenvalue weighted by molar-refractivity contribution is 0.957. The summed E-state index contributed by atoms with van der Waals surface area (Å²) >= 11 is 0. The van der Waals surface area contributed by atoms with Gasteiger partial charge >= 0.3 is 0 Å². The zero-order valence-corrected chi connectivity index (χ0v) is 9.14. The van der Waals surface area contributed by atoms with E-state index >= 15 is 0 Å². The Morgan fingerprint density at radius 1 is 0.833 bits per heavy atom. The van der Waals surface area contributed by atoms with Crippen molar-refractivity contribution >= 4 is 0 Å². The second-order valence-corrected chi connectivity index (χ2v) is 2.65. The largest absolute Gasteiger partial charge is 0.0917 e. The van der Waals surface area contributed by atoms with E-state index in [-0.39, 0.29) is 0 Å². The summed E-state index contributed by atoms with van der Waals surface area (Å²) < 4.78 is 0. The SMILES string of the molecule is CC=CCCC.CCC=CCC. The fourth-order valence-corrected chi connectivity index (χ4v) is 0.667. The number of hydrogen-bond donors (Lipinski definition) is 0. The molecule has 0 aromatic heterocycles. The van der Waals surface area contributed by atoms with E-state index in [1.807, 2.05) is 0 Å². The minimum Gasteiger partial charge on any atom is -0.0917 e. The van der Waals surface area contributed by atoms with Gasteiger partial charge in [-0.05, 0) is 26.2 Å². The van der Waals surface area contributed by atoms with Crippen LogP contribution in [0.4, 0.5) is 0 Å². The summed E-state index contributed by atoms with van der Waals surface area (Å²) in [7, 11) is 0. The Morgan fingerprint density at radius 2 is 1.33 bits per heavy atom. The van der Waals surface area contributed by atoms with E-state index in [0.717, 1.165) is 0 Å². The summed E-state index contributed by atoms with van der Waals surface area (Å²) in [4.78, 5) is 0. The van der Waals surface area contributed by atoms with Gasteiger partial charge in [0.05, 0.1) is 0 Å². The normalized spacial score (nSPS) is 10.3. The number of unbranched alkanes of at least 4 members (excludes halogenated alkanes) is 1. The van der Waals surface area contributed by atoms with Crippen LogP contribution in [0.2, 0.25) is 0 Å². The standard InChI is InChI=1S/2C6H12/c2*1-3-5-6-4-2/h5-6H,3-4H2,1-2H3;3,5H,4,6H2,1-2H3. The van der Waals surface area contributed by atoms with Crippen molar-refractivity contribution in [2.75, 3.05) is 0 Å². The molecule has 12 heavy (non-hydrogen) atoms. The van der Waals surface area contributed by atoms with Crippen LogP contribution in [0, 0.1) is 0 Å². The first kappa shape index (κ1) is 14.0. The van der Waals surface area contributed by atoms with Crippen molar-refractivity contribution in [1.82, 2.24) is 0 Å². The van der Waals surface area contributed by atoms with Gasteiger partial charge in [-0.2, -0.15) is 0 Å². The Labute approximate surface area is 78.4 Å². The molecule has 0 unspecified atom stereocenters. The Balaban J connectivity index is 0. The van der Waals surface area contributed by atoms with E-state index in [9.17, 15) is 0 Å². The molecule has 0 nitrogen and oxygen atoms in total. The van der Waals surface area contributed by atoms with Gasteiger partial charge in [-0.3, -0.25) is 0 Å². The van der Waals surface area contributed by atoms with Crippen LogP contribution in [0.5, 0.6) is 0 Å². The maximum Gasteiger partial charge on any atom is -0.0353 e. The summed E-state index contributed by atoms with van der Waals surface area (Å²) in [5.74, 6) is 0. The molecule has 0 aromatic carbocycles. The van der Waals surface area contributed by atoms with Gasteiger partial charge in [0.2, 0.25) is 0 Å². The average molecular weight is 168 g/mol. The summed E-state index contributed by atoms with van der Waals surface area (Å²) in [6, 6.07) is 0.